The van der Waals surface area contributed by atoms with Gasteiger partial charge in [0.1, 0.15) is 25.9 Å². The molecule has 0 radical (unpaired) electrons. The average Bonchev–Trinajstić information content (AvgIpc) is 2.54. The lowest BCUT2D eigenvalue weighted by atomic mass is 10.2. The molecular weight excluding hydrogens is 357 g/mol. The molecule has 11 heteroatoms. The Labute approximate surface area is 146 Å². The Morgan fingerprint density at radius 3 is 2.32 bits per heavy atom. The molecule has 10 nitrogen and oxygen atoms in total. The van der Waals surface area contributed by atoms with Gasteiger partial charge in [0.05, 0.1) is 0 Å². The molecule has 0 heterocycles. The Hall–Kier alpha value is -1.61. The third kappa shape index (κ3) is 13.4. The SMILES string of the molecule is CCCCCC(=O)O[C@@H](COC(C)=O)CO[P+](=O)OC[C@H](N)C(=O)O. The maximum atomic E-state index is 11.7. The van der Waals surface area contributed by atoms with Gasteiger partial charge in [0.25, 0.3) is 0 Å². The number of ether oxygens (including phenoxy) is 2. The zero-order valence-electron chi connectivity index (χ0n) is 14.3. The summed E-state index contributed by atoms with van der Waals surface area (Å²) < 4.78 is 30.9. The number of aliphatic carboxylic acids is 1. The van der Waals surface area contributed by atoms with Crippen molar-refractivity contribution in [3.05, 3.63) is 0 Å². The van der Waals surface area contributed by atoms with E-state index in [-0.39, 0.29) is 19.6 Å². The minimum Gasteiger partial charge on any atom is -0.480 e. The number of carboxylic acid groups (broad SMARTS) is 1. The molecular formula is C14H25NO9P+. The van der Waals surface area contributed by atoms with Crippen LogP contribution in [0.25, 0.3) is 0 Å². The molecule has 0 spiro atoms. The molecule has 0 amide bonds. The number of carboxylic acids is 1. The summed E-state index contributed by atoms with van der Waals surface area (Å²) in [5, 5.41) is 8.58. The monoisotopic (exact) mass is 382 g/mol. The maximum Gasteiger partial charge on any atom is 0.697 e. The zero-order chi connectivity index (χ0) is 19.2. The first-order valence-corrected chi connectivity index (χ1v) is 8.90. The van der Waals surface area contributed by atoms with E-state index in [9.17, 15) is 18.9 Å². The molecule has 0 aliphatic heterocycles. The summed E-state index contributed by atoms with van der Waals surface area (Å²) in [6, 6.07) is -1.34. The largest absolute Gasteiger partial charge is 0.697 e. The lowest BCUT2D eigenvalue weighted by Crippen LogP contribution is -2.34. The Morgan fingerprint density at radius 2 is 1.76 bits per heavy atom. The normalized spacial score (nSPS) is 13.6. The van der Waals surface area contributed by atoms with Gasteiger partial charge in [-0.3, -0.25) is 14.4 Å². The number of rotatable bonds is 14. The second-order valence-corrected chi connectivity index (χ2v) is 6.10. The first-order valence-electron chi connectivity index (χ1n) is 7.80. The van der Waals surface area contributed by atoms with Gasteiger partial charge in [0, 0.05) is 17.9 Å². The van der Waals surface area contributed by atoms with Crippen molar-refractivity contribution in [3.8, 4) is 0 Å². The van der Waals surface area contributed by atoms with Crippen molar-refractivity contribution in [1.29, 1.82) is 0 Å². The van der Waals surface area contributed by atoms with Crippen LogP contribution in [0.3, 0.4) is 0 Å². The van der Waals surface area contributed by atoms with Crippen molar-refractivity contribution >= 4 is 26.2 Å². The summed E-state index contributed by atoms with van der Waals surface area (Å²) in [5.74, 6) is -2.37. The Balaban J connectivity index is 4.32. The highest BCUT2D eigenvalue weighted by Gasteiger charge is 2.28. The van der Waals surface area contributed by atoms with E-state index in [0.717, 1.165) is 12.8 Å². The Morgan fingerprint density at radius 1 is 1.12 bits per heavy atom. The maximum absolute atomic E-state index is 11.7. The standard InChI is InChI=1S/C14H24NO9P/c1-3-4-5-6-13(17)24-11(7-21-10(2)16)8-22-25(20)23-9-12(15)14(18)19/h11-12H,3-9,15H2,1-2H3/p+1/t11-,12-/m0/s1. The van der Waals surface area contributed by atoms with E-state index in [1.54, 1.807) is 0 Å². The third-order valence-electron chi connectivity index (χ3n) is 2.80. The van der Waals surface area contributed by atoms with Crippen LogP contribution in [0, 0.1) is 0 Å². The van der Waals surface area contributed by atoms with Gasteiger partial charge >= 0.3 is 26.2 Å². The summed E-state index contributed by atoms with van der Waals surface area (Å²) in [5.41, 5.74) is 5.19. The highest BCUT2D eigenvalue weighted by Crippen LogP contribution is 2.24. The second kappa shape index (κ2) is 13.7. The number of nitrogens with two attached hydrogens (primary N) is 1. The summed E-state index contributed by atoms with van der Waals surface area (Å²) in [6.07, 6.45) is 1.75. The van der Waals surface area contributed by atoms with Crippen LogP contribution in [0.5, 0.6) is 0 Å². The van der Waals surface area contributed by atoms with E-state index in [1.807, 2.05) is 6.92 Å². The minimum atomic E-state index is -2.66. The van der Waals surface area contributed by atoms with Crippen LogP contribution in [-0.2, 0) is 37.5 Å². The van der Waals surface area contributed by atoms with Crippen LogP contribution in [-0.4, -0.2) is 55.0 Å². The number of hydrogen-bond acceptors (Lipinski definition) is 9. The lowest BCUT2D eigenvalue weighted by Gasteiger charge is -2.15. The van der Waals surface area contributed by atoms with Crippen molar-refractivity contribution in [2.45, 2.75) is 51.7 Å². The van der Waals surface area contributed by atoms with Gasteiger partial charge in [-0.25, -0.2) is 0 Å². The molecule has 1 unspecified atom stereocenters. The fourth-order valence-electron chi connectivity index (χ4n) is 1.48. The lowest BCUT2D eigenvalue weighted by molar-refractivity contribution is -0.160. The third-order valence-corrected chi connectivity index (χ3v) is 3.52. The number of carbonyl (C=O) groups is 3. The molecule has 0 aliphatic carbocycles. The summed E-state index contributed by atoms with van der Waals surface area (Å²) in [4.78, 5) is 33.1. The van der Waals surface area contributed by atoms with Crippen LogP contribution < -0.4 is 5.73 Å². The Kier molecular flexibility index (Phi) is 12.8. The quantitative estimate of drug-likeness (QED) is 0.254. The van der Waals surface area contributed by atoms with Crippen molar-refractivity contribution in [3.63, 3.8) is 0 Å². The zero-order valence-corrected chi connectivity index (χ0v) is 15.2. The fourth-order valence-corrected chi connectivity index (χ4v) is 2.13. The van der Waals surface area contributed by atoms with E-state index in [2.05, 4.69) is 4.52 Å². The highest BCUT2D eigenvalue weighted by molar-refractivity contribution is 7.33. The number of carbonyl (C=O) groups excluding carboxylic acids is 2. The molecule has 0 fully saturated rings. The molecule has 0 saturated carbocycles. The molecule has 0 rings (SSSR count). The summed E-state index contributed by atoms with van der Waals surface area (Å²) in [7, 11) is -2.66. The average molecular weight is 382 g/mol. The molecule has 3 atom stereocenters. The fraction of sp³-hybridized carbons (Fsp3) is 0.786. The van der Waals surface area contributed by atoms with Crippen molar-refractivity contribution in [2.24, 2.45) is 5.73 Å². The van der Waals surface area contributed by atoms with E-state index in [0.29, 0.717) is 6.42 Å². The van der Waals surface area contributed by atoms with Gasteiger partial charge in [-0.15, -0.1) is 9.05 Å². The van der Waals surface area contributed by atoms with Crippen LogP contribution >= 0.6 is 8.25 Å². The first-order chi connectivity index (χ1) is 11.8. The van der Waals surface area contributed by atoms with Crippen molar-refractivity contribution in [2.75, 3.05) is 19.8 Å². The molecule has 0 aromatic rings. The number of unbranched alkanes of at least 4 members (excludes halogenated alkanes) is 2. The highest BCUT2D eigenvalue weighted by atomic mass is 31.1. The molecule has 0 aromatic carbocycles. The van der Waals surface area contributed by atoms with Crippen LogP contribution in [0.2, 0.25) is 0 Å². The van der Waals surface area contributed by atoms with Crippen LogP contribution in [0.1, 0.15) is 39.5 Å². The van der Waals surface area contributed by atoms with Gasteiger partial charge in [0.15, 0.2) is 6.10 Å². The number of esters is 2. The molecule has 144 valence electrons. The molecule has 0 aromatic heterocycles. The molecule has 0 saturated heterocycles. The Bertz CT molecular complexity index is 458. The van der Waals surface area contributed by atoms with E-state index in [1.165, 1.54) is 6.92 Å². The molecule has 0 bridgehead atoms. The van der Waals surface area contributed by atoms with E-state index in [4.69, 9.17) is 24.8 Å². The predicted molar refractivity (Wildman–Crippen MR) is 85.8 cm³/mol. The van der Waals surface area contributed by atoms with Crippen molar-refractivity contribution in [1.82, 2.24) is 0 Å². The summed E-state index contributed by atoms with van der Waals surface area (Å²) in [6.45, 7) is 2.08. The van der Waals surface area contributed by atoms with Gasteiger partial charge in [-0.2, -0.15) is 0 Å². The van der Waals surface area contributed by atoms with Crippen LogP contribution in [0.15, 0.2) is 0 Å². The smallest absolute Gasteiger partial charge is 0.480 e. The minimum absolute atomic E-state index is 0.209. The van der Waals surface area contributed by atoms with Gasteiger partial charge in [0.2, 0.25) is 0 Å². The van der Waals surface area contributed by atoms with Gasteiger partial charge in [-0.05, 0) is 6.42 Å². The molecule has 25 heavy (non-hydrogen) atoms. The van der Waals surface area contributed by atoms with Crippen LogP contribution in [0.4, 0.5) is 0 Å². The van der Waals surface area contributed by atoms with Gasteiger partial charge in [-0.1, -0.05) is 19.8 Å². The second-order valence-electron chi connectivity index (χ2n) is 5.13. The topological polar surface area (TPSA) is 151 Å². The summed E-state index contributed by atoms with van der Waals surface area (Å²) >= 11 is 0. The molecule has 3 N–H and O–H groups in total. The number of hydrogen-bond donors (Lipinski definition) is 2. The molecule has 0 aliphatic rings. The first kappa shape index (κ1) is 23.4. The van der Waals surface area contributed by atoms with Crippen molar-refractivity contribution < 1.29 is 42.6 Å². The van der Waals surface area contributed by atoms with Gasteiger partial charge < -0.3 is 20.3 Å². The van der Waals surface area contributed by atoms with E-state index >= 15 is 0 Å². The van der Waals surface area contributed by atoms with E-state index < -0.39 is 44.9 Å². The predicted octanol–water partition coefficient (Wildman–Crippen LogP) is 1.14.